The number of pyridine rings is 1. The number of hydrogen-bond donors (Lipinski definition) is 1. The first-order valence-corrected chi connectivity index (χ1v) is 5.88. The minimum Gasteiger partial charge on any atom is -0.477 e. The van der Waals surface area contributed by atoms with E-state index >= 15 is 0 Å². The maximum Gasteiger partial charge on any atom is 0.348 e. The Bertz CT molecular complexity index is 498. The van der Waals surface area contributed by atoms with E-state index < -0.39 is 5.97 Å². The number of aromatic carboxylic acids is 1. The Morgan fingerprint density at radius 2 is 2.33 bits per heavy atom. The number of thiazole rings is 1. The van der Waals surface area contributed by atoms with Crippen molar-refractivity contribution in [3.63, 3.8) is 0 Å². The van der Waals surface area contributed by atoms with Gasteiger partial charge in [-0.25, -0.2) is 9.78 Å². The number of carboxylic acids is 1. The summed E-state index contributed by atoms with van der Waals surface area (Å²) in [6.07, 6.45) is 3.33. The predicted molar refractivity (Wildman–Crippen MR) is 65.0 cm³/mol. The molecule has 2 rings (SSSR count). The Morgan fingerprint density at radius 3 is 2.87 bits per heavy atom. The summed E-state index contributed by atoms with van der Waals surface area (Å²) in [6.45, 7) is 0. The van der Waals surface area contributed by atoms with E-state index in [0.717, 1.165) is 16.9 Å². The van der Waals surface area contributed by atoms with Crippen LogP contribution in [-0.2, 0) is 0 Å². The third-order valence-electron chi connectivity index (χ3n) is 1.69. The van der Waals surface area contributed by atoms with Gasteiger partial charge in [0.2, 0.25) is 0 Å². The molecular formula is C9H5IN2O2S. The highest BCUT2D eigenvalue weighted by atomic mass is 127. The average molecular weight is 332 g/mol. The van der Waals surface area contributed by atoms with Crippen LogP contribution in [0.25, 0.3) is 10.6 Å². The van der Waals surface area contributed by atoms with Crippen molar-refractivity contribution in [3.05, 3.63) is 33.1 Å². The Hall–Kier alpha value is -1.02. The Labute approximate surface area is 103 Å². The zero-order valence-electron chi connectivity index (χ0n) is 7.35. The molecule has 0 atom stereocenters. The molecule has 0 amide bonds. The Balaban J connectivity index is 2.48. The highest BCUT2D eigenvalue weighted by Crippen LogP contribution is 2.28. The van der Waals surface area contributed by atoms with Crippen molar-refractivity contribution in [1.82, 2.24) is 9.97 Å². The van der Waals surface area contributed by atoms with Gasteiger partial charge in [0.25, 0.3) is 0 Å². The molecule has 0 aliphatic rings. The van der Waals surface area contributed by atoms with Crippen molar-refractivity contribution in [2.24, 2.45) is 0 Å². The molecule has 0 saturated heterocycles. The van der Waals surface area contributed by atoms with E-state index in [1.54, 1.807) is 18.5 Å². The fourth-order valence-electron chi connectivity index (χ4n) is 1.05. The topological polar surface area (TPSA) is 63.1 Å². The highest BCUT2D eigenvalue weighted by molar-refractivity contribution is 14.1. The molecular weight excluding hydrogens is 327 g/mol. The molecule has 2 aromatic rings. The van der Waals surface area contributed by atoms with Crippen molar-refractivity contribution in [2.45, 2.75) is 0 Å². The monoisotopic (exact) mass is 332 g/mol. The molecule has 0 aliphatic carbocycles. The first-order chi connectivity index (χ1) is 7.18. The lowest BCUT2D eigenvalue weighted by atomic mass is 10.3. The van der Waals surface area contributed by atoms with E-state index in [1.165, 1.54) is 0 Å². The molecule has 0 aliphatic heterocycles. The van der Waals surface area contributed by atoms with Gasteiger partial charge in [-0.05, 0) is 34.7 Å². The quantitative estimate of drug-likeness (QED) is 0.859. The van der Waals surface area contributed by atoms with Crippen LogP contribution < -0.4 is 0 Å². The van der Waals surface area contributed by atoms with Gasteiger partial charge in [-0.1, -0.05) is 0 Å². The second-order valence-electron chi connectivity index (χ2n) is 2.69. The number of carbonyl (C=O) groups is 1. The number of halogens is 1. The first-order valence-electron chi connectivity index (χ1n) is 3.98. The molecule has 76 valence electrons. The van der Waals surface area contributed by atoms with Gasteiger partial charge in [0.1, 0.15) is 13.6 Å². The van der Waals surface area contributed by atoms with Crippen molar-refractivity contribution in [1.29, 1.82) is 0 Å². The van der Waals surface area contributed by atoms with Gasteiger partial charge in [-0.2, -0.15) is 0 Å². The molecule has 2 aromatic heterocycles. The second-order valence-corrected chi connectivity index (χ2v) is 4.71. The lowest BCUT2D eigenvalue weighted by molar-refractivity contribution is 0.0701. The average Bonchev–Trinajstić information content (AvgIpc) is 2.62. The standard InChI is InChI=1S/C9H5IN2O2S/c10-7-6(9(13)14)15-8(12-7)5-2-1-3-11-4-5/h1-4H,(H,13,14). The van der Waals surface area contributed by atoms with Crippen molar-refractivity contribution < 1.29 is 9.90 Å². The Morgan fingerprint density at radius 1 is 1.53 bits per heavy atom. The lowest BCUT2D eigenvalue weighted by Crippen LogP contribution is -1.94. The molecule has 0 spiro atoms. The van der Waals surface area contributed by atoms with Crippen LogP contribution in [0.1, 0.15) is 9.67 Å². The van der Waals surface area contributed by atoms with E-state index in [9.17, 15) is 4.79 Å². The SMILES string of the molecule is O=C(O)c1sc(-c2cccnc2)nc1I. The lowest BCUT2D eigenvalue weighted by Gasteiger charge is -1.91. The van der Waals surface area contributed by atoms with Crippen LogP contribution in [0, 0.1) is 3.70 Å². The first kappa shape index (κ1) is 10.5. The smallest absolute Gasteiger partial charge is 0.348 e. The minimum atomic E-state index is -0.938. The van der Waals surface area contributed by atoms with Crippen molar-refractivity contribution in [2.75, 3.05) is 0 Å². The molecule has 0 fully saturated rings. The number of carboxylic acid groups (broad SMARTS) is 1. The molecule has 0 unspecified atom stereocenters. The highest BCUT2D eigenvalue weighted by Gasteiger charge is 2.15. The normalized spacial score (nSPS) is 10.2. The molecule has 0 radical (unpaired) electrons. The van der Waals surface area contributed by atoms with Gasteiger partial charge in [0, 0.05) is 18.0 Å². The van der Waals surface area contributed by atoms with Crippen LogP contribution in [0.5, 0.6) is 0 Å². The molecule has 4 nitrogen and oxygen atoms in total. The van der Waals surface area contributed by atoms with Gasteiger partial charge in [0.05, 0.1) is 0 Å². The van der Waals surface area contributed by atoms with E-state index in [0.29, 0.717) is 8.71 Å². The summed E-state index contributed by atoms with van der Waals surface area (Å²) in [5.41, 5.74) is 0.841. The molecule has 0 aromatic carbocycles. The molecule has 1 N–H and O–H groups in total. The van der Waals surface area contributed by atoms with Gasteiger partial charge in [-0.3, -0.25) is 4.98 Å². The number of nitrogens with zero attached hydrogens (tertiary/aromatic N) is 2. The fraction of sp³-hybridized carbons (Fsp3) is 0. The molecule has 15 heavy (non-hydrogen) atoms. The molecule has 2 heterocycles. The summed E-state index contributed by atoms with van der Waals surface area (Å²) in [5, 5.41) is 9.56. The third kappa shape index (κ3) is 2.15. The van der Waals surface area contributed by atoms with E-state index in [2.05, 4.69) is 9.97 Å². The minimum absolute atomic E-state index is 0.273. The summed E-state index contributed by atoms with van der Waals surface area (Å²) in [5.74, 6) is -0.938. The number of rotatable bonds is 2. The van der Waals surface area contributed by atoms with Crippen molar-refractivity contribution >= 4 is 39.9 Å². The molecule has 0 bridgehead atoms. The number of aromatic nitrogens is 2. The van der Waals surface area contributed by atoms with Crippen LogP contribution in [0.2, 0.25) is 0 Å². The second kappa shape index (κ2) is 4.23. The van der Waals surface area contributed by atoms with Gasteiger partial charge >= 0.3 is 5.97 Å². The summed E-state index contributed by atoms with van der Waals surface area (Å²) in [4.78, 5) is 19.2. The van der Waals surface area contributed by atoms with Crippen LogP contribution in [-0.4, -0.2) is 21.0 Å². The van der Waals surface area contributed by atoms with E-state index in [-0.39, 0.29) is 4.88 Å². The van der Waals surface area contributed by atoms with Crippen LogP contribution in [0.15, 0.2) is 24.5 Å². The van der Waals surface area contributed by atoms with E-state index in [1.807, 2.05) is 28.7 Å². The molecule has 0 saturated carbocycles. The largest absolute Gasteiger partial charge is 0.477 e. The van der Waals surface area contributed by atoms with Gasteiger partial charge < -0.3 is 5.11 Å². The van der Waals surface area contributed by atoms with Crippen molar-refractivity contribution in [3.8, 4) is 10.6 Å². The van der Waals surface area contributed by atoms with Crippen LogP contribution in [0.3, 0.4) is 0 Å². The Kier molecular flexibility index (Phi) is 2.96. The third-order valence-corrected chi connectivity index (χ3v) is 3.93. The maximum atomic E-state index is 10.8. The fourth-order valence-corrected chi connectivity index (χ4v) is 2.80. The van der Waals surface area contributed by atoms with Crippen LogP contribution >= 0.6 is 33.9 Å². The number of hydrogen-bond acceptors (Lipinski definition) is 4. The zero-order chi connectivity index (χ0) is 10.8. The van der Waals surface area contributed by atoms with Gasteiger partial charge in [-0.15, -0.1) is 11.3 Å². The zero-order valence-corrected chi connectivity index (χ0v) is 10.3. The van der Waals surface area contributed by atoms with Gasteiger partial charge in [0.15, 0.2) is 0 Å². The summed E-state index contributed by atoms with van der Waals surface area (Å²) >= 11 is 3.08. The predicted octanol–water partition coefficient (Wildman–Crippen LogP) is 2.51. The summed E-state index contributed by atoms with van der Waals surface area (Å²) in [6, 6.07) is 3.65. The molecule has 6 heteroatoms. The summed E-state index contributed by atoms with van der Waals surface area (Å²) in [7, 11) is 0. The van der Waals surface area contributed by atoms with Crippen LogP contribution in [0.4, 0.5) is 0 Å². The maximum absolute atomic E-state index is 10.8. The van der Waals surface area contributed by atoms with E-state index in [4.69, 9.17) is 5.11 Å². The summed E-state index contributed by atoms with van der Waals surface area (Å²) < 4.78 is 0.518.